The van der Waals surface area contributed by atoms with Crippen LogP contribution >= 0.6 is 0 Å². The number of halogens is 3. The third-order valence-corrected chi connectivity index (χ3v) is 5.24. The second-order valence-corrected chi connectivity index (χ2v) is 7.41. The number of aromatic nitrogens is 3. The van der Waals surface area contributed by atoms with Crippen LogP contribution in [0, 0.1) is 24.4 Å². The molecule has 4 rings (SSSR count). The van der Waals surface area contributed by atoms with Gasteiger partial charge < -0.3 is 19.9 Å². The van der Waals surface area contributed by atoms with Crippen LogP contribution in [0.25, 0.3) is 0 Å². The zero-order valence-electron chi connectivity index (χ0n) is 18.0. The summed E-state index contributed by atoms with van der Waals surface area (Å²) in [7, 11) is 1.01. The summed E-state index contributed by atoms with van der Waals surface area (Å²) in [6.45, 7) is 3.20. The van der Waals surface area contributed by atoms with Gasteiger partial charge in [-0.3, -0.25) is 4.79 Å². The number of methoxy groups -OCH3 is 1. The van der Waals surface area contributed by atoms with Crippen molar-refractivity contribution >= 4 is 23.4 Å². The van der Waals surface area contributed by atoms with E-state index in [1.165, 1.54) is 4.90 Å². The molecule has 1 N–H and O–H groups in total. The van der Waals surface area contributed by atoms with E-state index in [0.29, 0.717) is 36.6 Å². The molecule has 0 aliphatic carbocycles. The number of anilines is 3. The Morgan fingerprint density at radius 2 is 1.76 bits per heavy atom. The van der Waals surface area contributed by atoms with E-state index in [1.54, 1.807) is 12.1 Å². The third kappa shape index (κ3) is 4.66. The topological polar surface area (TPSA) is 83.5 Å². The first-order chi connectivity index (χ1) is 15.9. The molecule has 0 unspecified atom stereocenters. The molecular weight excluding hydrogens is 437 g/mol. The van der Waals surface area contributed by atoms with E-state index in [2.05, 4.69) is 25.2 Å². The van der Waals surface area contributed by atoms with E-state index in [4.69, 9.17) is 0 Å². The molecule has 33 heavy (non-hydrogen) atoms. The minimum absolute atomic E-state index is 0.245. The van der Waals surface area contributed by atoms with Crippen LogP contribution in [-0.2, 0) is 0 Å². The lowest BCUT2D eigenvalue weighted by Gasteiger charge is -2.35. The van der Waals surface area contributed by atoms with Gasteiger partial charge in [0.05, 0.1) is 12.7 Å². The zero-order valence-corrected chi connectivity index (χ0v) is 18.0. The van der Waals surface area contributed by atoms with Gasteiger partial charge in [-0.15, -0.1) is 10.2 Å². The number of amides is 1. The number of carbonyl (C=O) groups excluding carboxylic acids is 1. The van der Waals surface area contributed by atoms with Crippen molar-refractivity contribution in [3.63, 3.8) is 0 Å². The standard InChI is InChI=1S/C22H21F3N6O2/c1-13-4-3-5-16(26-13)27-17-6-7-18(29-28-17)30-8-10-31(11-9-30)22(32)14-12-15(23)20(25)21(33-2)19(14)24/h3-7,12H,8-11H2,1-2H3,(H,26,27,28). The largest absolute Gasteiger partial charge is 0.491 e. The SMILES string of the molecule is COc1c(F)c(F)cc(C(=O)N2CCN(c3ccc(Nc4cccc(C)n4)nn3)CC2)c1F. The second-order valence-electron chi connectivity index (χ2n) is 7.41. The van der Waals surface area contributed by atoms with Crippen LogP contribution in [0.2, 0.25) is 0 Å². The Morgan fingerprint density at radius 1 is 1.00 bits per heavy atom. The first-order valence-electron chi connectivity index (χ1n) is 10.2. The highest BCUT2D eigenvalue weighted by Gasteiger charge is 2.29. The number of nitrogens with one attached hydrogen (secondary N) is 1. The summed E-state index contributed by atoms with van der Waals surface area (Å²) in [6, 6.07) is 9.72. The van der Waals surface area contributed by atoms with Gasteiger partial charge in [0.25, 0.3) is 5.91 Å². The Morgan fingerprint density at radius 3 is 2.39 bits per heavy atom. The zero-order chi connectivity index (χ0) is 23.5. The lowest BCUT2D eigenvalue weighted by atomic mass is 10.1. The number of hydrogen-bond donors (Lipinski definition) is 1. The number of ether oxygens (including phenoxy) is 1. The number of pyridine rings is 1. The lowest BCUT2D eigenvalue weighted by molar-refractivity contribution is 0.0740. The molecule has 1 amide bonds. The molecule has 1 aromatic carbocycles. The highest BCUT2D eigenvalue weighted by molar-refractivity contribution is 5.95. The van der Waals surface area contributed by atoms with Crippen LogP contribution in [-0.4, -0.2) is 59.3 Å². The van der Waals surface area contributed by atoms with E-state index in [0.717, 1.165) is 12.8 Å². The number of benzene rings is 1. The maximum Gasteiger partial charge on any atom is 0.257 e. The van der Waals surface area contributed by atoms with E-state index in [1.807, 2.05) is 30.0 Å². The quantitative estimate of drug-likeness (QED) is 0.588. The number of piperazine rings is 1. The van der Waals surface area contributed by atoms with Crippen LogP contribution in [0.4, 0.5) is 30.6 Å². The smallest absolute Gasteiger partial charge is 0.257 e. The fraction of sp³-hybridized carbons (Fsp3) is 0.273. The molecule has 2 aromatic heterocycles. The van der Waals surface area contributed by atoms with Gasteiger partial charge >= 0.3 is 0 Å². The van der Waals surface area contributed by atoms with Gasteiger partial charge in [-0.05, 0) is 37.3 Å². The average Bonchev–Trinajstić information content (AvgIpc) is 2.82. The number of rotatable bonds is 5. The Kier molecular flexibility index (Phi) is 6.29. The first-order valence-corrected chi connectivity index (χ1v) is 10.2. The van der Waals surface area contributed by atoms with Crippen molar-refractivity contribution in [1.82, 2.24) is 20.1 Å². The van der Waals surface area contributed by atoms with Crippen molar-refractivity contribution in [3.8, 4) is 5.75 Å². The second kappa shape index (κ2) is 9.31. The average molecular weight is 458 g/mol. The number of carbonyl (C=O) groups is 1. The predicted molar refractivity (Wildman–Crippen MR) is 115 cm³/mol. The maximum absolute atomic E-state index is 14.5. The first kappa shape index (κ1) is 22.3. The minimum atomic E-state index is -1.47. The molecule has 0 atom stereocenters. The minimum Gasteiger partial charge on any atom is -0.491 e. The van der Waals surface area contributed by atoms with Crippen LogP contribution in [0.15, 0.2) is 36.4 Å². The third-order valence-electron chi connectivity index (χ3n) is 5.24. The van der Waals surface area contributed by atoms with Crippen molar-refractivity contribution in [2.45, 2.75) is 6.92 Å². The Labute approximate surface area is 188 Å². The van der Waals surface area contributed by atoms with Crippen molar-refractivity contribution in [1.29, 1.82) is 0 Å². The molecule has 0 bridgehead atoms. The molecule has 1 fully saturated rings. The fourth-order valence-corrected chi connectivity index (χ4v) is 3.53. The summed E-state index contributed by atoms with van der Waals surface area (Å²) >= 11 is 0. The summed E-state index contributed by atoms with van der Waals surface area (Å²) in [5, 5.41) is 11.5. The Balaban J connectivity index is 1.40. The number of hydrogen-bond acceptors (Lipinski definition) is 7. The van der Waals surface area contributed by atoms with Crippen LogP contribution in [0.3, 0.4) is 0 Å². The summed E-state index contributed by atoms with van der Waals surface area (Å²) in [4.78, 5) is 20.4. The molecule has 172 valence electrons. The molecule has 3 aromatic rings. The highest BCUT2D eigenvalue weighted by atomic mass is 19.2. The number of aryl methyl sites for hydroxylation is 1. The Hall–Kier alpha value is -3.89. The highest BCUT2D eigenvalue weighted by Crippen LogP contribution is 2.28. The predicted octanol–water partition coefficient (Wildman–Crippen LogP) is 3.31. The normalized spacial score (nSPS) is 13.7. The van der Waals surface area contributed by atoms with Gasteiger partial charge in [0.2, 0.25) is 5.82 Å². The lowest BCUT2D eigenvalue weighted by Crippen LogP contribution is -2.49. The van der Waals surface area contributed by atoms with Crippen LogP contribution in [0.5, 0.6) is 5.75 Å². The number of nitrogens with zero attached hydrogens (tertiary/aromatic N) is 5. The van der Waals surface area contributed by atoms with Gasteiger partial charge in [0, 0.05) is 31.9 Å². The summed E-state index contributed by atoms with van der Waals surface area (Å²) in [6.07, 6.45) is 0. The molecular formula is C22H21F3N6O2. The molecule has 8 nitrogen and oxygen atoms in total. The van der Waals surface area contributed by atoms with Gasteiger partial charge in [0.15, 0.2) is 29.0 Å². The molecule has 1 aliphatic heterocycles. The molecule has 11 heteroatoms. The van der Waals surface area contributed by atoms with Gasteiger partial charge in [0.1, 0.15) is 5.82 Å². The van der Waals surface area contributed by atoms with Gasteiger partial charge in [-0.1, -0.05) is 6.07 Å². The summed E-state index contributed by atoms with van der Waals surface area (Å²) in [5.41, 5.74) is 0.304. The summed E-state index contributed by atoms with van der Waals surface area (Å²) in [5.74, 6) is -3.88. The van der Waals surface area contributed by atoms with Crippen LogP contribution in [0.1, 0.15) is 16.1 Å². The fourth-order valence-electron chi connectivity index (χ4n) is 3.53. The Bertz CT molecular complexity index is 1170. The monoisotopic (exact) mass is 458 g/mol. The van der Waals surface area contributed by atoms with E-state index < -0.39 is 34.7 Å². The van der Waals surface area contributed by atoms with Gasteiger partial charge in [-0.25, -0.2) is 13.8 Å². The van der Waals surface area contributed by atoms with Crippen molar-refractivity contribution in [2.24, 2.45) is 0 Å². The van der Waals surface area contributed by atoms with E-state index in [9.17, 15) is 18.0 Å². The molecule has 0 spiro atoms. The molecule has 3 heterocycles. The van der Waals surface area contributed by atoms with Gasteiger partial charge in [-0.2, -0.15) is 4.39 Å². The van der Waals surface area contributed by atoms with Crippen molar-refractivity contribution in [3.05, 3.63) is 65.1 Å². The molecule has 0 radical (unpaired) electrons. The summed E-state index contributed by atoms with van der Waals surface area (Å²) < 4.78 is 46.5. The molecule has 1 saturated heterocycles. The van der Waals surface area contributed by atoms with E-state index >= 15 is 0 Å². The molecule has 1 aliphatic rings. The van der Waals surface area contributed by atoms with Crippen LogP contribution < -0.4 is 15.0 Å². The van der Waals surface area contributed by atoms with Crippen molar-refractivity contribution < 1.29 is 22.7 Å². The maximum atomic E-state index is 14.5. The molecule has 0 saturated carbocycles. The van der Waals surface area contributed by atoms with E-state index in [-0.39, 0.29) is 13.1 Å². The van der Waals surface area contributed by atoms with Crippen molar-refractivity contribution in [2.75, 3.05) is 43.5 Å².